The van der Waals surface area contributed by atoms with Gasteiger partial charge in [-0.1, -0.05) is 11.6 Å². The third kappa shape index (κ3) is 2.18. The van der Waals surface area contributed by atoms with Crippen LogP contribution in [0.3, 0.4) is 0 Å². The Bertz CT molecular complexity index is 473. The molecule has 1 aromatic carbocycles. The van der Waals surface area contributed by atoms with Crippen LogP contribution in [0.25, 0.3) is 0 Å². The first-order chi connectivity index (χ1) is 8.15. The number of hydrogen-bond acceptors (Lipinski definition) is 3. The number of Topliss-reactive ketones (excluding diaryl/α,β-unsaturated/α-hetero) is 1. The molecule has 90 valence electrons. The van der Waals surface area contributed by atoms with E-state index in [2.05, 4.69) is 0 Å². The van der Waals surface area contributed by atoms with E-state index < -0.39 is 11.7 Å². The van der Waals surface area contributed by atoms with Crippen LogP contribution in [-0.4, -0.2) is 29.9 Å². The number of fused-ring (bicyclic) bond motifs is 1. The van der Waals surface area contributed by atoms with Crippen molar-refractivity contribution in [1.82, 2.24) is 0 Å². The largest absolute Gasteiger partial charge is 0.396 e. The zero-order chi connectivity index (χ0) is 12.4. The molecule has 1 aliphatic heterocycles. The maximum Gasteiger partial charge on any atom is 0.299 e. The van der Waals surface area contributed by atoms with Gasteiger partial charge in [0.2, 0.25) is 0 Å². The highest BCUT2D eigenvalue weighted by atomic mass is 35.5. The molecule has 0 saturated heterocycles. The van der Waals surface area contributed by atoms with Gasteiger partial charge >= 0.3 is 0 Å². The van der Waals surface area contributed by atoms with E-state index in [0.717, 1.165) is 0 Å². The maximum absolute atomic E-state index is 11.7. The van der Waals surface area contributed by atoms with Crippen LogP contribution in [0.4, 0.5) is 5.69 Å². The Labute approximate surface area is 104 Å². The van der Waals surface area contributed by atoms with Gasteiger partial charge in [-0.25, -0.2) is 0 Å². The topological polar surface area (TPSA) is 57.6 Å². The number of hydrogen-bond donors (Lipinski definition) is 1. The molecule has 1 N–H and O–H groups in total. The number of unbranched alkanes of at least 4 members (excludes halogenated alkanes) is 1. The summed E-state index contributed by atoms with van der Waals surface area (Å²) in [4.78, 5) is 24.8. The zero-order valence-electron chi connectivity index (χ0n) is 9.15. The lowest BCUT2D eigenvalue weighted by Crippen LogP contribution is -2.30. The van der Waals surface area contributed by atoms with Gasteiger partial charge in [0.25, 0.3) is 11.7 Å². The molecule has 1 heterocycles. The molecule has 0 radical (unpaired) electrons. The molecule has 0 unspecified atom stereocenters. The summed E-state index contributed by atoms with van der Waals surface area (Å²) in [5, 5.41) is 9.20. The second-order valence-corrected chi connectivity index (χ2v) is 4.31. The molecular formula is C12H12ClNO3. The summed E-state index contributed by atoms with van der Waals surface area (Å²) in [5.41, 5.74) is 0.980. The lowest BCUT2D eigenvalue weighted by atomic mass is 10.1. The van der Waals surface area contributed by atoms with Crippen molar-refractivity contribution in [1.29, 1.82) is 0 Å². The summed E-state index contributed by atoms with van der Waals surface area (Å²) in [6.45, 7) is 0.511. The van der Waals surface area contributed by atoms with E-state index in [4.69, 9.17) is 16.7 Å². The van der Waals surface area contributed by atoms with Crippen molar-refractivity contribution in [2.24, 2.45) is 0 Å². The Morgan fingerprint density at radius 2 is 2.00 bits per heavy atom. The molecule has 1 amide bonds. The number of rotatable bonds is 4. The van der Waals surface area contributed by atoms with Gasteiger partial charge in [0.15, 0.2) is 0 Å². The van der Waals surface area contributed by atoms with Gasteiger partial charge in [0.1, 0.15) is 0 Å². The summed E-state index contributed by atoms with van der Waals surface area (Å²) in [6.07, 6.45) is 1.26. The Hall–Kier alpha value is -1.39. The van der Waals surface area contributed by atoms with Crippen LogP contribution >= 0.6 is 11.6 Å². The second-order valence-electron chi connectivity index (χ2n) is 3.88. The molecule has 5 heteroatoms. The SMILES string of the molecule is O=C1C(=O)N(CCCCO)c2cc(Cl)ccc21. The van der Waals surface area contributed by atoms with Crippen LogP contribution in [0, 0.1) is 0 Å². The number of carbonyl (C=O) groups excluding carboxylic acids is 2. The molecule has 4 nitrogen and oxygen atoms in total. The van der Waals surface area contributed by atoms with E-state index in [1.807, 2.05) is 0 Å². The summed E-state index contributed by atoms with van der Waals surface area (Å²) in [5.74, 6) is -0.999. The zero-order valence-corrected chi connectivity index (χ0v) is 9.91. The Morgan fingerprint density at radius 1 is 1.24 bits per heavy atom. The minimum Gasteiger partial charge on any atom is -0.396 e. The Kier molecular flexibility index (Phi) is 3.45. The van der Waals surface area contributed by atoms with E-state index >= 15 is 0 Å². The van der Waals surface area contributed by atoms with Crippen LogP contribution in [-0.2, 0) is 4.79 Å². The van der Waals surface area contributed by atoms with Crippen LogP contribution < -0.4 is 4.90 Å². The van der Waals surface area contributed by atoms with Crippen molar-refractivity contribution >= 4 is 29.0 Å². The maximum atomic E-state index is 11.7. The quantitative estimate of drug-likeness (QED) is 0.656. The molecule has 0 aromatic heterocycles. The summed E-state index contributed by atoms with van der Waals surface area (Å²) >= 11 is 5.86. The number of aliphatic hydroxyl groups excluding tert-OH is 1. The second kappa shape index (κ2) is 4.85. The van der Waals surface area contributed by atoms with Gasteiger partial charge in [0, 0.05) is 18.2 Å². The number of nitrogens with zero attached hydrogens (tertiary/aromatic N) is 1. The summed E-state index contributed by atoms with van der Waals surface area (Å²) in [6, 6.07) is 4.80. The highest BCUT2D eigenvalue weighted by Gasteiger charge is 2.35. The minimum atomic E-state index is -0.514. The van der Waals surface area contributed by atoms with Crippen LogP contribution in [0.1, 0.15) is 23.2 Å². The normalized spacial score (nSPS) is 14.4. The van der Waals surface area contributed by atoms with Gasteiger partial charge in [-0.3, -0.25) is 9.59 Å². The van der Waals surface area contributed by atoms with Crippen molar-refractivity contribution in [3.63, 3.8) is 0 Å². The molecule has 0 saturated carbocycles. The van der Waals surface area contributed by atoms with Gasteiger partial charge in [-0.2, -0.15) is 0 Å². The van der Waals surface area contributed by atoms with Crippen LogP contribution in [0.5, 0.6) is 0 Å². The lowest BCUT2D eigenvalue weighted by Gasteiger charge is -2.16. The third-order valence-corrected chi connectivity index (χ3v) is 2.96. The fraction of sp³-hybridized carbons (Fsp3) is 0.333. The van der Waals surface area contributed by atoms with Crippen LogP contribution in [0.2, 0.25) is 5.02 Å². The van der Waals surface area contributed by atoms with Gasteiger partial charge in [-0.15, -0.1) is 0 Å². The first-order valence-corrected chi connectivity index (χ1v) is 5.79. The number of aliphatic hydroxyl groups is 1. The van der Waals surface area contributed by atoms with Crippen molar-refractivity contribution in [3.8, 4) is 0 Å². The Morgan fingerprint density at radius 3 is 2.71 bits per heavy atom. The summed E-state index contributed by atoms with van der Waals surface area (Å²) in [7, 11) is 0. The van der Waals surface area contributed by atoms with Crippen molar-refractivity contribution in [2.75, 3.05) is 18.1 Å². The molecule has 1 aliphatic rings. The predicted molar refractivity (Wildman–Crippen MR) is 64.5 cm³/mol. The first kappa shape index (κ1) is 12.1. The third-order valence-electron chi connectivity index (χ3n) is 2.72. The Balaban J connectivity index is 2.26. The lowest BCUT2D eigenvalue weighted by molar-refractivity contribution is -0.114. The van der Waals surface area contributed by atoms with E-state index in [0.29, 0.717) is 35.7 Å². The van der Waals surface area contributed by atoms with Gasteiger partial charge < -0.3 is 10.0 Å². The van der Waals surface area contributed by atoms with E-state index in [-0.39, 0.29) is 6.61 Å². The van der Waals surface area contributed by atoms with E-state index in [9.17, 15) is 9.59 Å². The predicted octanol–water partition coefficient (Wildman–Crippen LogP) is 1.64. The number of benzene rings is 1. The smallest absolute Gasteiger partial charge is 0.299 e. The number of amides is 1. The number of ketones is 1. The van der Waals surface area contributed by atoms with Gasteiger partial charge in [-0.05, 0) is 31.0 Å². The van der Waals surface area contributed by atoms with E-state index in [1.54, 1.807) is 18.2 Å². The molecular weight excluding hydrogens is 242 g/mol. The average Bonchev–Trinajstić information content (AvgIpc) is 2.54. The molecule has 0 atom stereocenters. The van der Waals surface area contributed by atoms with Gasteiger partial charge in [0.05, 0.1) is 11.3 Å². The van der Waals surface area contributed by atoms with Crippen molar-refractivity contribution < 1.29 is 14.7 Å². The molecule has 1 aromatic rings. The fourth-order valence-corrected chi connectivity index (χ4v) is 2.04. The molecule has 0 aliphatic carbocycles. The first-order valence-electron chi connectivity index (χ1n) is 5.41. The number of anilines is 1. The molecule has 0 bridgehead atoms. The highest BCUT2D eigenvalue weighted by molar-refractivity contribution is 6.52. The monoisotopic (exact) mass is 253 g/mol. The fourth-order valence-electron chi connectivity index (χ4n) is 1.87. The minimum absolute atomic E-state index is 0.0817. The molecule has 0 spiro atoms. The van der Waals surface area contributed by atoms with Crippen LogP contribution in [0.15, 0.2) is 18.2 Å². The summed E-state index contributed by atoms with van der Waals surface area (Å²) < 4.78 is 0. The molecule has 17 heavy (non-hydrogen) atoms. The average molecular weight is 254 g/mol. The molecule has 2 rings (SSSR count). The van der Waals surface area contributed by atoms with E-state index in [1.165, 1.54) is 4.90 Å². The van der Waals surface area contributed by atoms with Crippen molar-refractivity contribution in [2.45, 2.75) is 12.8 Å². The molecule has 0 fully saturated rings. The van der Waals surface area contributed by atoms with Crippen molar-refractivity contribution in [3.05, 3.63) is 28.8 Å². The highest BCUT2D eigenvalue weighted by Crippen LogP contribution is 2.31. The number of halogens is 1. The number of carbonyl (C=O) groups is 2. The standard InChI is InChI=1S/C12H12ClNO3/c13-8-3-4-9-10(7-8)14(5-1-2-6-15)12(17)11(9)16/h3-4,7,15H,1-2,5-6H2.